The van der Waals surface area contributed by atoms with Crippen LogP contribution in [0.3, 0.4) is 0 Å². The molecule has 0 aliphatic rings. The third kappa shape index (κ3) is 4.90. The van der Waals surface area contributed by atoms with Gasteiger partial charge in [-0.2, -0.15) is 23.3 Å². The molecule has 0 saturated heterocycles. The minimum Gasteiger partial charge on any atom is -0.467 e. The first kappa shape index (κ1) is 21.6. The van der Waals surface area contributed by atoms with Crippen LogP contribution in [0.1, 0.15) is 25.8 Å². The fourth-order valence-electron chi connectivity index (χ4n) is 3.01. The Bertz CT molecular complexity index is 1030. The van der Waals surface area contributed by atoms with E-state index in [0.717, 1.165) is 12.5 Å². The molecule has 160 valence electrons. The Kier molecular flexibility index (Phi) is 6.28. The van der Waals surface area contributed by atoms with Crippen molar-refractivity contribution in [3.8, 4) is 17.1 Å². The Morgan fingerprint density at radius 2 is 1.93 bits per heavy atom. The van der Waals surface area contributed by atoms with E-state index >= 15 is 0 Å². The highest BCUT2D eigenvalue weighted by molar-refractivity contribution is 5.94. The normalized spacial score (nSPS) is 11.8. The van der Waals surface area contributed by atoms with Gasteiger partial charge in [-0.3, -0.25) is 4.79 Å². The molecule has 0 aliphatic heterocycles. The first-order chi connectivity index (χ1) is 14.2. The summed E-state index contributed by atoms with van der Waals surface area (Å²) in [5, 5.41) is 6.81. The smallest absolute Gasteiger partial charge is 0.417 e. The number of aromatic nitrogens is 3. The van der Waals surface area contributed by atoms with Gasteiger partial charge in [-0.15, -0.1) is 0 Å². The van der Waals surface area contributed by atoms with E-state index in [2.05, 4.69) is 15.4 Å². The number of rotatable bonds is 7. The van der Waals surface area contributed by atoms with Gasteiger partial charge < -0.3 is 10.1 Å². The fraction of sp³-hybridized carbons (Fsp3) is 0.381. The molecule has 1 aromatic carbocycles. The van der Waals surface area contributed by atoms with Crippen LogP contribution < -0.4 is 10.1 Å². The number of carbonyl (C=O) groups excluding carboxylic acids is 1. The van der Waals surface area contributed by atoms with Crippen LogP contribution in [-0.4, -0.2) is 33.8 Å². The second-order valence-corrected chi connectivity index (χ2v) is 7.36. The second-order valence-electron chi connectivity index (χ2n) is 7.36. The third-order valence-electron chi connectivity index (χ3n) is 4.52. The van der Waals surface area contributed by atoms with E-state index in [1.165, 1.54) is 11.7 Å². The Labute approximate surface area is 172 Å². The summed E-state index contributed by atoms with van der Waals surface area (Å²) in [6, 6.07) is 9.42. The Morgan fingerprint density at radius 1 is 1.23 bits per heavy atom. The second kappa shape index (κ2) is 8.73. The maximum absolute atomic E-state index is 13.8. The molecule has 3 rings (SSSR count). The molecule has 6 nitrogen and oxygen atoms in total. The van der Waals surface area contributed by atoms with Crippen LogP contribution in [0.5, 0.6) is 5.88 Å². The summed E-state index contributed by atoms with van der Waals surface area (Å²) in [5.74, 6) is -0.272. The molecule has 0 radical (unpaired) electrons. The number of carbonyl (C=O) groups is 1. The molecule has 0 aliphatic carbocycles. The van der Waals surface area contributed by atoms with Crippen molar-refractivity contribution in [3.05, 3.63) is 42.0 Å². The molecule has 0 saturated carbocycles. The minimum absolute atomic E-state index is 0.0268. The van der Waals surface area contributed by atoms with Gasteiger partial charge in [-0.25, -0.2) is 4.68 Å². The van der Waals surface area contributed by atoms with Crippen LogP contribution in [0.15, 0.2) is 36.4 Å². The molecule has 1 amide bonds. The zero-order valence-corrected chi connectivity index (χ0v) is 17.0. The Hall–Kier alpha value is -3.10. The standard InChI is InChI=1S/C21H23F3N4O2/c1-13(2)9-10-25-16(29)12-30-17-11-15(21(22,23)24)18-19(14-7-5-4-6-8-14)27-28(3)20(18)26-17/h4-8,11,13H,9-10,12H2,1-3H3,(H,25,29). The molecular weight excluding hydrogens is 397 g/mol. The molecule has 1 N–H and O–H groups in total. The van der Waals surface area contributed by atoms with Gasteiger partial charge in [0.1, 0.15) is 5.69 Å². The minimum atomic E-state index is -4.65. The number of pyridine rings is 1. The molecule has 30 heavy (non-hydrogen) atoms. The van der Waals surface area contributed by atoms with E-state index in [0.29, 0.717) is 18.0 Å². The van der Waals surface area contributed by atoms with Crippen LogP contribution in [0, 0.1) is 5.92 Å². The van der Waals surface area contributed by atoms with Gasteiger partial charge in [0.25, 0.3) is 5.91 Å². The van der Waals surface area contributed by atoms with Gasteiger partial charge in [0.05, 0.1) is 10.9 Å². The van der Waals surface area contributed by atoms with Crippen LogP contribution in [0.2, 0.25) is 0 Å². The average Bonchev–Trinajstić information content (AvgIpc) is 3.02. The van der Waals surface area contributed by atoms with Crippen LogP contribution in [-0.2, 0) is 18.0 Å². The summed E-state index contributed by atoms with van der Waals surface area (Å²) in [7, 11) is 1.52. The van der Waals surface area contributed by atoms with Crippen molar-refractivity contribution >= 4 is 16.9 Å². The lowest BCUT2D eigenvalue weighted by atomic mass is 10.0. The Morgan fingerprint density at radius 3 is 2.57 bits per heavy atom. The molecule has 0 bridgehead atoms. The summed E-state index contributed by atoms with van der Waals surface area (Å²) in [5.41, 5.74) is -0.145. The van der Waals surface area contributed by atoms with Crippen molar-refractivity contribution in [2.45, 2.75) is 26.4 Å². The molecular formula is C21H23F3N4O2. The lowest BCUT2D eigenvalue weighted by Crippen LogP contribution is -2.30. The summed E-state index contributed by atoms with van der Waals surface area (Å²) in [6.07, 6.45) is -3.85. The molecule has 0 fully saturated rings. The third-order valence-corrected chi connectivity index (χ3v) is 4.52. The number of benzene rings is 1. The van der Waals surface area contributed by atoms with Crippen molar-refractivity contribution in [2.75, 3.05) is 13.2 Å². The van der Waals surface area contributed by atoms with E-state index in [-0.39, 0.29) is 22.6 Å². The van der Waals surface area contributed by atoms with Gasteiger partial charge in [0.15, 0.2) is 12.3 Å². The van der Waals surface area contributed by atoms with Gasteiger partial charge in [-0.1, -0.05) is 44.2 Å². The zero-order chi connectivity index (χ0) is 21.9. The van der Waals surface area contributed by atoms with Crippen molar-refractivity contribution in [2.24, 2.45) is 13.0 Å². The maximum atomic E-state index is 13.8. The summed E-state index contributed by atoms with van der Waals surface area (Å²) >= 11 is 0. The number of nitrogens with zero attached hydrogens (tertiary/aromatic N) is 3. The van der Waals surface area contributed by atoms with Crippen molar-refractivity contribution < 1.29 is 22.7 Å². The van der Waals surface area contributed by atoms with Crippen LogP contribution in [0.25, 0.3) is 22.3 Å². The van der Waals surface area contributed by atoms with Gasteiger partial charge in [-0.05, 0) is 12.3 Å². The van der Waals surface area contributed by atoms with Crippen LogP contribution in [0.4, 0.5) is 13.2 Å². The first-order valence-corrected chi connectivity index (χ1v) is 9.56. The number of amides is 1. The molecule has 0 unspecified atom stereocenters. The summed E-state index contributed by atoms with van der Waals surface area (Å²) < 4.78 is 48.1. The highest BCUT2D eigenvalue weighted by Gasteiger charge is 2.36. The molecule has 3 aromatic rings. The lowest BCUT2D eigenvalue weighted by Gasteiger charge is -2.12. The average molecular weight is 420 g/mol. The summed E-state index contributed by atoms with van der Waals surface area (Å²) in [4.78, 5) is 16.1. The first-order valence-electron chi connectivity index (χ1n) is 9.56. The van der Waals surface area contributed by atoms with Gasteiger partial charge >= 0.3 is 6.18 Å². The number of halogens is 3. The molecule has 2 aromatic heterocycles. The number of hydrogen-bond acceptors (Lipinski definition) is 4. The van der Waals surface area contributed by atoms with E-state index < -0.39 is 24.3 Å². The molecule has 2 heterocycles. The number of aryl methyl sites for hydroxylation is 1. The zero-order valence-electron chi connectivity index (χ0n) is 17.0. The highest BCUT2D eigenvalue weighted by atomic mass is 19.4. The highest BCUT2D eigenvalue weighted by Crippen LogP contribution is 2.40. The molecule has 9 heteroatoms. The largest absolute Gasteiger partial charge is 0.467 e. The van der Waals surface area contributed by atoms with Crippen molar-refractivity contribution in [3.63, 3.8) is 0 Å². The van der Waals surface area contributed by atoms with Crippen LogP contribution >= 0.6 is 0 Å². The summed E-state index contributed by atoms with van der Waals surface area (Å²) in [6.45, 7) is 4.11. The van der Waals surface area contributed by atoms with E-state index in [9.17, 15) is 18.0 Å². The predicted molar refractivity (Wildman–Crippen MR) is 107 cm³/mol. The van der Waals surface area contributed by atoms with E-state index in [1.54, 1.807) is 30.3 Å². The SMILES string of the molecule is CC(C)CCNC(=O)COc1cc(C(F)(F)F)c2c(-c3ccccc3)nn(C)c2n1. The van der Waals surface area contributed by atoms with Crippen molar-refractivity contribution in [1.82, 2.24) is 20.1 Å². The maximum Gasteiger partial charge on any atom is 0.417 e. The van der Waals surface area contributed by atoms with E-state index in [4.69, 9.17) is 4.74 Å². The monoisotopic (exact) mass is 420 g/mol. The van der Waals surface area contributed by atoms with Crippen molar-refractivity contribution in [1.29, 1.82) is 0 Å². The number of hydrogen-bond donors (Lipinski definition) is 1. The van der Waals surface area contributed by atoms with Gasteiger partial charge in [0.2, 0.25) is 5.88 Å². The Balaban J connectivity index is 1.93. The number of nitrogens with one attached hydrogen (secondary N) is 1. The fourth-order valence-corrected chi connectivity index (χ4v) is 3.01. The lowest BCUT2D eigenvalue weighted by molar-refractivity contribution is -0.136. The van der Waals surface area contributed by atoms with Gasteiger partial charge in [0, 0.05) is 25.2 Å². The molecule has 0 atom stereocenters. The molecule has 0 spiro atoms. The predicted octanol–water partition coefficient (Wildman–Crippen LogP) is 4.20. The number of ether oxygens (including phenoxy) is 1. The topological polar surface area (TPSA) is 69.0 Å². The quantitative estimate of drug-likeness (QED) is 0.622. The van der Waals surface area contributed by atoms with E-state index in [1.807, 2.05) is 13.8 Å². The number of alkyl halides is 3. The number of fused-ring (bicyclic) bond motifs is 1.